The van der Waals surface area contributed by atoms with E-state index in [-0.39, 0.29) is 11.9 Å². The normalized spacial score (nSPS) is 25.6. The number of amides is 1. The van der Waals surface area contributed by atoms with Crippen molar-refractivity contribution in [2.75, 3.05) is 26.2 Å². The molecule has 3 rings (SSSR count). The number of hydrogen-bond acceptors (Lipinski definition) is 3. The molecule has 2 atom stereocenters. The Bertz CT molecular complexity index is 559. The van der Waals surface area contributed by atoms with Gasteiger partial charge >= 0.3 is 0 Å². The van der Waals surface area contributed by atoms with E-state index in [9.17, 15) is 4.79 Å². The maximum atomic E-state index is 12.6. The van der Waals surface area contributed by atoms with Crippen molar-refractivity contribution in [3.05, 3.63) is 33.3 Å². The molecule has 0 aliphatic carbocycles. The van der Waals surface area contributed by atoms with Crippen LogP contribution in [-0.4, -0.2) is 43.2 Å². The molecular weight excluding hydrogens is 311 g/mol. The van der Waals surface area contributed by atoms with Crippen LogP contribution < -0.4 is 5.32 Å². The van der Waals surface area contributed by atoms with Gasteiger partial charge in [-0.1, -0.05) is 23.2 Å². The standard InChI is InChI=1S/C15H18Cl2N2O2/c1-9-14-10(6-11(16)7-12(14)17)2-4-19(9)15(20)13-8-18-3-5-21-13/h6-7,9,13,18H,2-5,8H2,1H3/t9?,13-/m0/s1. The van der Waals surface area contributed by atoms with Gasteiger partial charge < -0.3 is 15.0 Å². The minimum atomic E-state index is -0.395. The highest BCUT2D eigenvalue weighted by atomic mass is 35.5. The van der Waals surface area contributed by atoms with E-state index in [1.807, 2.05) is 17.9 Å². The lowest BCUT2D eigenvalue weighted by atomic mass is 9.93. The first-order chi connectivity index (χ1) is 10.1. The minimum Gasteiger partial charge on any atom is -0.366 e. The third-order valence-electron chi connectivity index (χ3n) is 4.17. The topological polar surface area (TPSA) is 41.6 Å². The average molecular weight is 329 g/mol. The summed E-state index contributed by atoms with van der Waals surface area (Å²) in [5, 5.41) is 4.47. The molecule has 0 spiro atoms. The second kappa shape index (κ2) is 6.13. The Hall–Kier alpha value is -0.810. The number of morpholine rings is 1. The van der Waals surface area contributed by atoms with Crippen molar-refractivity contribution in [1.29, 1.82) is 0 Å². The van der Waals surface area contributed by atoms with Crippen LogP contribution in [0.4, 0.5) is 0 Å². The zero-order chi connectivity index (χ0) is 15.0. The highest BCUT2D eigenvalue weighted by Crippen LogP contribution is 2.37. The van der Waals surface area contributed by atoms with Crippen LogP contribution in [0.15, 0.2) is 12.1 Å². The van der Waals surface area contributed by atoms with Crippen LogP contribution in [0.2, 0.25) is 10.0 Å². The molecule has 0 radical (unpaired) electrons. The quantitative estimate of drug-likeness (QED) is 0.860. The molecule has 0 saturated carbocycles. The van der Waals surface area contributed by atoms with Gasteiger partial charge in [-0.3, -0.25) is 4.79 Å². The highest BCUT2D eigenvalue weighted by molar-refractivity contribution is 6.35. The number of fused-ring (bicyclic) bond motifs is 1. The van der Waals surface area contributed by atoms with Crippen LogP contribution in [0.1, 0.15) is 24.1 Å². The van der Waals surface area contributed by atoms with Crippen molar-refractivity contribution in [2.45, 2.75) is 25.5 Å². The van der Waals surface area contributed by atoms with E-state index in [0.717, 1.165) is 24.1 Å². The first-order valence-electron chi connectivity index (χ1n) is 7.18. The molecular formula is C15H18Cl2N2O2. The fourth-order valence-corrected chi connectivity index (χ4v) is 3.81. The Balaban J connectivity index is 1.84. The van der Waals surface area contributed by atoms with Crippen LogP contribution in [0.3, 0.4) is 0 Å². The summed E-state index contributed by atoms with van der Waals surface area (Å²) in [7, 11) is 0. The molecule has 1 N–H and O–H groups in total. The molecule has 0 aromatic heterocycles. The van der Waals surface area contributed by atoms with Crippen LogP contribution in [0.5, 0.6) is 0 Å². The van der Waals surface area contributed by atoms with E-state index in [0.29, 0.717) is 29.7 Å². The number of ether oxygens (including phenoxy) is 1. The van der Waals surface area contributed by atoms with Gasteiger partial charge in [0.1, 0.15) is 6.10 Å². The van der Waals surface area contributed by atoms with Gasteiger partial charge in [-0.15, -0.1) is 0 Å². The smallest absolute Gasteiger partial charge is 0.253 e. The predicted octanol–water partition coefficient (Wildman–Crippen LogP) is 2.43. The van der Waals surface area contributed by atoms with Crippen LogP contribution in [0.25, 0.3) is 0 Å². The predicted molar refractivity (Wildman–Crippen MR) is 82.9 cm³/mol. The van der Waals surface area contributed by atoms with Gasteiger partial charge in [-0.2, -0.15) is 0 Å². The monoisotopic (exact) mass is 328 g/mol. The molecule has 2 aliphatic heterocycles. The number of nitrogens with one attached hydrogen (secondary N) is 1. The van der Waals surface area contributed by atoms with Crippen LogP contribution in [0, 0.1) is 0 Å². The van der Waals surface area contributed by atoms with Crippen molar-refractivity contribution in [1.82, 2.24) is 10.2 Å². The molecule has 1 aromatic carbocycles. The number of hydrogen-bond donors (Lipinski definition) is 1. The fraction of sp³-hybridized carbons (Fsp3) is 0.533. The number of carbonyl (C=O) groups excluding carboxylic acids is 1. The third-order valence-corrected chi connectivity index (χ3v) is 4.70. The molecule has 6 heteroatoms. The first kappa shape index (κ1) is 15.1. The van der Waals surface area contributed by atoms with E-state index in [1.165, 1.54) is 0 Å². The number of carbonyl (C=O) groups is 1. The average Bonchev–Trinajstić information content (AvgIpc) is 2.47. The lowest BCUT2D eigenvalue weighted by Gasteiger charge is -2.38. The lowest BCUT2D eigenvalue weighted by molar-refractivity contribution is -0.147. The summed E-state index contributed by atoms with van der Waals surface area (Å²) in [5.41, 5.74) is 2.14. The van der Waals surface area contributed by atoms with E-state index >= 15 is 0 Å². The maximum Gasteiger partial charge on any atom is 0.253 e. The SMILES string of the molecule is CC1c2c(Cl)cc(Cl)cc2CCN1C(=O)[C@@H]1CNCCO1. The fourth-order valence-electron chi connectivity index (χ4n) is 3.11. The summed E-state index contributed by atoms with van der Waals surface area (Å²) >= 11 is 12.4. The lowest BCUT2D eigenvalue weighted by Crippen LogP contribution is -2.51. The Morgan fingerprint density at radius 1 is 1.43 bits per heavy atom. The molecule has 114 valence electrons. The van der Waals surface area contributed by atoms with Gasteiger partial charge in [-0.25, -0.2) is 0 Å². The second-order valence-corrected chi connectivity index (χ2v) is 6.33. The zero-order valence-electron chi connectivity index (χ0n) is 11.9. The molecule has 0 bridgehead atoms. The number of nitrogens with zero attached hydrogens (tertiary/aromatic N) is 1. The van der Waals surface area contributed by atoms with Crippen LogP contribution in [-0.2, 0) is 16.0 Å². The molecule has 4 nitrogen and oxygen atoms in total. The molecule has 1 aromatic rings. The molecule has 2 aliphatic rings. The molecule has 1 unspecified atom stereocenters. The van der Waals surface area contributed by atoms with Crippen molar-refractivity contribution < 1.29 is 9.53 Å². The Kier molecular flexibility index (Phi) is 4.41. The largest absolute Gasteiger partial charge is 0.366 e. The van der Waals surface area contributed by atoms with Crippen molar-refractivity contribution in [2.24, 2.45) is 0 Å². The maximum absolute atomic E-state index is 12.6. The Labute approximate surface area is 134 Å². The molecule has 21 heavy (non-hydrogen) atoms. The summed E-state index contributed by atoms with van der Waals surface area (Å²) < 4.78 is 5.57. The summed E-state index contributed by atoms with van der Waals surface area (Å²) in [6.45, 7) is 4.62. The van der Waals surface area contributed by atoms with Gasteiger partial charge in [0.25, 0.3) is 5.91 Å². The molecule has 1 saturated heterocycles. The number of benzene rings is 1. The first-order valence-corrected chi connectivity index (χ1v) is 7.94. The van der Waals surface area contributed by atoms with E-state index in [4.69, 9.17) is 27.9 Å². The summed E-state index contributed by atoms with van der Waals surface area (Å²) in [6, 6.07) is 3.63. The van der Waals surface area contributed by atoms with E-state index < -0.39 is 6.10 Å². The van der Waals surface area contributed by atoms with Gasteiger partial charge in [0.15, 0.2) is 0 Å². The molecule has 2 heterocycles. The highest BCUT2D eigenvalue weighted by Gasteiger charge is 2.34. The summed E-state index contributed by atoms with van der Waals surface area (Å²) in [5.74, 6) is 0.0337. The summed E-state index contributed by atoms with van der Waals surface area (Å²) in [4.78, 5) is 14.5. The number of rotatable bonds is 1. The van der Waals surface area contributed by atoms with Gasteiger partial charge in [0.2, 0.25) is 0 Å². The van der Waals surface area contributed by atoms with Gasteiger partial charge in [0.05, 0.1) is 12.6 Å². The Morgan fingerprint density at radius 2 is 2.24 bits per heavy atom. The van der Waals surface area contributed by atoms with Crippen molar-refractivity contribution in [3.63, 3.8) is 0 Å². The van der Waals surface area contributed by atoms with Gasteiger partial charge in [-0.05, 0) is 36.6 Å². The third kappa shape index (κ3) is 2.90. The van der Waals surface area contributed by atoms with Crippen molar-refractivity contribution >= 4 is 29.1 Å². The molecule has 1 amide bonds. The zero-order valence-corrected chi connectivity index (χ0v) is 13.4. The van der Waals surface area contributed by atoms with Gasteiger partial charge in [0, 0.05) is 29.7 Å². The Morgan fingerprint density at radius 3 is 2.95 bits per heavy atom. The second-order valence-electron chi connectivity index (χ2n) is 5.48. The number of halogens is 2. The van der Waals surface area contributed by atoms with E-state index in [1.54, 1.807) is 6.07 Å². The molecule has 1 fully saturated rings. The van der Waals surface area contributed by atoms with E-state index in [2.05, 4.69) is 5.32 Å². The van der Waals surface area contributed by atoms with Crippen LogP contribution >= 0.6 is 23.2 Å². The summed E-state index contributed by atoms with van der Waals surface area (Å²) in [6.07, 6.45) is 0.375. The van der Waals surface area contributed by atoms with Crippen molar-refractivity contribution in [3.8, 4) is 0 Å². The minimum absolute atomic E-state index is 0.0337.